The fourth-order valence-corrected chi connectivity index (χ4v) is 3.00. The van der Waals surface area contributed by atoms with E-state index in [2.05, 4.69) is 11.4 Å². The molecule has 0 amide bonds. The van der Waals surface area contributed by atoms with Gasteiger partial charge in [0.1, 0.15) is 5.75 Å². The highest BCUT2D eigenvalue weighted by atomic mass is 16.5. The van der Waals surface area contributed by atoms with Crippen LogP contribution in [0.1, 0.15) is 17.9 Å². The molecule has 18 heavy (non-hydrogen) atoms. The second-order valence-corrected chi connectivity index (χ2v) is 4.72. The second-order valence-electron chi connectivity index (χ2n) is 4.72. The normalized spacial score (nSPS) is 28.2. The van der Waals surface area contributed by atoms with Crippen LogP contribution < -0.4 is 15.2 Å². The molecule has 4 nitrogen and oxygen atoms in total. The number of carbonyl (C=O) groups is 1. The van der Waals surface area contributed by atoms with Gasteiger partial charge in [0.2, 0.25) is 0 Å². The van der Waals surface area contributed by atoms with Crippen LogP contribution in [0.15, 0.2) is 30.4 Å². The number of fused-ring (bicyclic) bond motifs is 3. The number of allylic oxidation sites excluding steroid dienone is 2. The van der Waals surface area contributed by atoms with Gasteiger partial charge < -0.3 is 20.0 Å². The summed E-state index contributed by atoms with van der Waals surface area (Å²) in [6.45, 7) is 0. The van der Waals surface area contributed by atoms with Crippen LogP contribution in [0.2, 0.25) is 0 Å². The zero-order chi connectivity index (χ0) is 12.7. The minimum absolute atomic E-state index is 0.0367. The van der Waals surface area contributed by atoms with E-state index >= 15 is 0 Å². The molecule has 0 fully saturated rings. The zero-order valence-corrected chi connectivity index (χ0v) is 10.1. The van der Waals surface area contributed by atoms with Gasteiger partial charge in [-0.05, 0) is 24.0 Å². The molecule has 2 aliphatic rings. The molecular formula is C14H14NO3-. The standard InChI is InChI=1S/C14H15NO3/c1-18-11-7-3-6-9-8-4-2-5-10(8)13(14(16)17)15-12(9)11/h2-4,6-8,10,13,15H,5H2,1H3,(H,16,17)/p-1/t8-,10-,13+/m1/s1. The van der Waals surface area contributed by atoms with Crippen molar-refractivity contribution in [1.29, 1.82) is 0 Å². The van der Waals surface area contributed by atoms with E-state index in [0.29, 0.717) is 5.75 Å². The average Bonchev–Trinajstić information content (AvgIpc) is 2.86. The van der Waals surface area contributed by atoms with Crippen LogP contribution >= 0.6 is 0 Å². The van der Waals surface area contributed by atoms with Gasteiger partial charge in [-0.1, -0.05) is 24.3 Å². The van der Waals surface area contributed by atoms with E-state index in [1.54, 1.807) is 7.11 Å². The lowest BCUT2D eigenvalue weighted by molar-refractivity contribution is -0.308. The summed E-state index contributed by atoms with van der Waals surface area (Å²) in [7, 11) is 1.59. The Labute approximate surface area is 105 Å². The predicted molar refractivity (Wildman–Crippen MR) is 65.4 cm³/mol. The summed E-state index contributed by atoms with van der Waals surface area (Å²) in [4.78, 5) is 11.3. The molecule has 0 spiro atoms. The lowest BCUT2D eigenvalue weighted by atomic mass is 9.79. The number of benzene rings is 1. The molecule has 3 rings (SSSR count). The average molecular weight is 244 g/mol. The lowest BCUT2D eigenvalue weighted by Gasteiger charge is -2.38. The Hall–Kier alpha value is -1.97. The van der Waals surface area contributed by atoms with Crippen molar-refractivity contribution < 1.29 is 14.6 Å². The second kappa shape index (κ2) is 4.05. The van der Waals surface area contributed by atoms with Gasteiger partial charge in [-0.25, -0.2) is 0 Å². The molecule has 1 aliphatic carbocycles. The number of hydrogen-bond acceptors (Lipinski definition) is 4. The molecule has 3 atom stereocenters. The third kappa shape index (κ3) is 1.49. The van der Waals surface area contributed by atoms with E-state index in [-0.39, 0.29) is 11.8 Å². The zero-order valence-electron chi connectivity index (χ0n) is 10.1. The van der Waals surface area contributed by atoms with Crippen LogP contribution in [0.3, 0.4) is 0 Å². The van der Waals surface area contributed by atoms with Crippen molar-refractivity contribution in [2.24, 2.45) is 5.92 Å². The summed E-state index contributed by atoms with van der Waals surface area (Å²) in [5.74, 6) is -0.198. The number of methoxy groups -OCH3 is 1. The Kier molecular flexibility index (Phi) is 2.51. The van der Waals surface area contributed by atoms with Crippen LogP contribution in [0, 0.1) is 5.92 Å². The number of carboxylic acids is 1. The van der Waals surface area contributed by atoms with Gasteiger partial charge in [0.05, 0.1) is 24.8 Å². The summed E-state index contributed by atoms with van der Waals surface area (Å²) >= 11 is 0. The number of nitrogens with one attached hydrogen (secondary N) is 1. The molecule has 0 saturated carbocycles. The monoisotopic (exact) mass is 244 g/mol. The van der Waals surface area contributed by atoms with Crippen molar-refractivity contribution in [1.82, 2.24) is 0 Å². The predicted octanol–water partition coefficient (Wildman–Crippen LogP) is 0.899. The quantitative estimate of drug-likeness (QED) is 0.785. The minimum atomic E-state index is -1.05. The number of carbonyl (C=O) groups excluding carboxylic acids is 1. The van der Waals surface area contributed by atoms with Gasteiger partial charge in [-0.2, -0.15) is 0 Å². The Bertz CT molecular complexity index is 524. The molecular weight excluding hydrogens is 230 g/mol. The van der Waals surface area contributed by atoms with Gasteiger partial charge >= 0.3 is 0 Å². The van der Waals surface area contributed by atoms with E-state index in [1.165, 1.54) is 0 Å². The molecule has 0 unspecified atom stereocenters. The van der Waals surface area contributed by atoms with E-state index in [9.17, 15) is 9.90 Å². The molecule has 94 valence electrons. The van der Waals surface area contributed by atoms with Gasteiger partial charge in [-0.15, -0.1) is 0 Å². The van der Waals surface area contributed by atoms with Crippen LogP contribution in [-0.2, 0) is 4.79 Å². The van der Waals surface area contributed by atoms with Gasteiger partial charge in [-0.3, -0.25) is 0 Å². The first-order valence-corrected chi connectivity index (χ1v) is 6.03. The van der Waals surface area contributed by atoms with E-state index in [0.717, 1.165) is 17.7 Å². The first kappa shape index (κ1) is 11.1. The van der Waals surface area contributed by atoms with Crippen molar-refractivity contribution in [3.05, 3.63) is 35.9 Å². The van der Waals surface area contributed by atoms with E-state index in [4.69, 9.17) is 4.74 Å². The van der Waals surface area contributed by atoms with Crippen molar-refractivity contribution in [2.45, 2.75) is 18.4 Å². The molecule has 1 aromatic rings. The van der Waals surface area contributed by atoms with Crippen LogP contribution in [0.5, 0.6) is 5.75 Å². The third-order valence-electron chi connectivity index (χ3n) is 3.83. The maximum absolute atomic E-state index is 11.3. The summed E-state index contributed by atoms with van der Waals surface area (Å²) in [6.07, 6.45) is 4.90. The molecule has 0 aromatic heterocycles. The minimum Gasteiger partial charge on any atom is -0.548 e. The maximum Gasteiger partial charge on any atom is 0.142 e. The highest BCUT2D eigenvalue weighted by Gasteiger charge is 2.38. The summed E-state index contributed by atoms with van der Waals surface area (Å²) in [6, 6.07) is 5.12. The van der Waals surface area contributed by atoms with Crippen LogP contribution in [0.25, 0.3) is 0 Å². The number of carboxylic acid groups (broad SMARTS) is 1. The first-order valence-electron chi connectivity index (χ1n) is 6.03. The van der Waals surface area contributed by atoms with Crippen molar-refractivity contribution in [3.8, 4) is 5.75 Å². The van der Waals surface area contributed by atoms with Crippen LogP contribution in [-0.4, -0.2) is 19.1 Å². The van der Waals surface area contributed by atoms with Gasteiger partial charge in [0.15, 0.2) is 0 Å². The Morgan fingerprint density at radius 3 is 3.06 bits per heavy atom. The Morgan fingerprint density at radius 1 is 1.50 bits per heavy atom. The smallest absolute Gasteiger partial charge is 0.142 e. The summed E-state index contributed by atoms with van der Waals surface area (Å²) in [5, 5.41) is 14.3. The van der Waals surface area contributed by atoms with E-state index in [1.807, 2.05) is 24.3 Å². The molecule has 1 N–H and O–H groups in total. The Balaban J connectivity index is 2.11. The number of anilines is 1. The van der Waals surface area contributed by atoms with Crippen molar-refractivity contribution in [3.63, 3.8) is 0 Å². The number of rotatable bonds is 2. The molecule has 1 heterocycles. The fraction of sp³-hybridized carbons (Fsp3) is 0.357. The van der Waals surface area contributed by atoms with Crippen molar-refractivity contribution >= 4 is 11.7 Å². The van der Waals surface area contributed by atoms with Gasteiger partial charge in [0.25, 0.3) is 0 Å². The van der Waals surface area contributed by atoms with Crippen molar-refractivity contribution in [2.75, 3.05) is 12.4 Å². The summed E-state index contributed by atoms with van der Waals surface area (Å²) in [5.41, 5.74) is 1.88. The molecule has 1 aliphatic heterocycles. The number of hydrogen-bond donors (Lipinski definition) is 1. The largest absolute Gasteiger partial charge is 0.548 e. The Morgan fingerprint density at radius 2 is 2.33 bits per heavy atom. The highest BCUT2D eigenvalue weighted by molar-refractivity contribution is 5.81. The lowest BCUT2D eigenvalue weighted by Crippen LogP contribution is -2.48. The molecule has 1 aromatic carbocycles. The topological polar surface area (TPSA) is 61.4 Å². The third-order valence-corrected chi connectivity index (χ3v) is 3.83. The fourth-order valence-electron chi connectivity index (χ4n) is 3.00. The number of aliphatic carboxylic acids is 1. The first-order chi connectivity index (χ1) is 8.72. The molecule has 0 radical (unpaired) electrons. The number of para-hydroxylation sites is 1. The van der Waals surface area contributed by atoms with Crippen LogP contribution in [0.4, 0.5) is 5.69 Å². The summed E-state index contributed by atoms with van der Waals surface area (Å²) < 4.78 is 5.29. The highest BCUT2D eigenvalue weighted by Crippen LogP contribution is 2.47. The molecule has 4 heteroatoms. The maximum atomic E-state index is 11.3. The SMILES string of the molecule is COc1cccc2c1N[C@H](C(=O)[O-])[C@@H]1CC=C[C@H]21. The molecule has 0 saturated heterocycles. The van der Waals surface area contributed by atoms with E-state index < -0.39 is 12.0 Å². The molecule has 0 bridgehead atoms. The number of ether oxygens (including phenoxy) is 1. The van der Waals surface area contributed by atoms with Gasteiger partial charge in [0, 0.05) is 5.92 Å².